The van der Waals surface area contributed by atoms with Crippen molar-refractivity contribution in [3.8, 4) is 11.1 Å². The van der Waals surface area contributed by atoms with E-state index in [2.05, 4.69) is 286 Å². The normalized spacial score (nSPS) is 19.9. The molecule has 4 aliphatic rings. The summed E-state index contributed by atoms with van der Waals surface area (Å²) in [5, 5.41) is 0. The lowest BCUT2D eigenvalue weighted by Crippen LogP contribution is -2.61. The Morgan fingerprint density at radius 3 is 1.52 bits per heavy atom. The summed E-state index contributed by atoms with van der Waals surface area (Å²) in [5.74, 6) is 0. The van der Waals surface area contributed by atoms with Gasteiger partial charge in [-0.25, -0.2) is 0 Å². The second kappa shape index (κ2) is 16.5. The van der Waals surface area contributed by atoms with Crippen molar-refractivity contribution in [3.63, 3.8) is 0 Å². The number of benzene rings is 7. The second-order valence-electron chi connectivity index (χ2n) is 29.6. The van der Waals surface area contributed by atoms with Crippen molar-refractivity contribution in [1.82, 2.24) is 0 Å². The Labute approximate surface area is 452 Å². The third kappa shape index (κ3) is 8.12. The highest BCUT2D eigenvalue weighted by Crippen LogP contribution is 2.67. The van der Waals surface area contributed by atoms with Crippen molar-refractivity contribution in [2.45, 2.75) is 182 Å². The van der Waals surface area contributed by atoms with Gasteiger partial charge in [-0.2, -0.15) is 0 Å². The molecule has 11 rings (SSSR count). The maximum absolute atomic E-state index is 2.83. The van der Waals surface area contributed by atoms with Crippen LogP contribution in [0, 0.1) is 5.41 Å². The van der Waals surface area contributed by atoms with Crippen LogP contribution < -0.4 is 31.1 Å². The maximum Gasteiger partial charge on any atom is 0.252 e. The van der Waals surface area contributed by atoms with Crippen LogP contribution in [0.4, 0.5) is 45.5 Å². The van der Waals surface area contributed by atoms with Crippen LogP contribution in [-0.2, 0) is 32.5 Å². The highest BCUT2D eigenvalue weighted by molar-refractivity contribution is 7.00. The van der Waals surface area contributed by atoms with E-state index < -0.39 is 0 Å². The van der Waals surface area contributed by atoms with E-state index >= 15 is 0 Å². The van der Waals surface area contributed by atoms with Gasteiger partial charge in [0, 0.05) is 50.8 Å². The van der Waals surface area contributed by atoms with Crippen LogP contribution in [0.15, 0.2) is 140 Å². The van der Waals surface area contributed by atoms with Gasteiger partial charge in [-0.15, -0.1) is 0 Å². The Morgan fingerprint density at radius 1 is 0.387 bits per heavy atom. The summed E-state index contributed by atoms with van der Waals surface area (Å²) >= 11 is 0. The van der Waals surface area contributed by atoms with Crippen LogP contribution in [0.25, 0.3) is 11.1 Å². The summed E-state index contributed by atoms with van der Waals surface area (Å²) in [7, 11) is 0. The van der Waals surface area contributed by atoms with Gasteiger partial charge in [-0.3, -0.25) is 0 Å². The Morgan fingerprint density at radius 2 is 0.907 bits per heavy atom. The molecule has 0 saturated heterocycles. The third-order valence-electron chi connectivity index (χ3n) is 18.2. The number of fused-ring (bicyclic) bond motifs is 7. The van der Waals surface area contributed by atoms with Crippen LogP contribution in [0.3, 0.4) is 0 Å². The van der Waals surface area contributed by atoms with Gasteiger partial charge < -0.3 is 14.7 Å². The van der Waals surface area contributed by atoms with E-state index in [0.717, 1.165) is 12.8 Å². The van der Waals surface area contributed by atoms with Gasteiger partial charge >= 0.3 is 0 Å². The van der Waals surface area contributed by atoms with Crippen molar-refractivity contribution in [3.05, 3.63) is 173 Å². The van der Waals surface area contributed by atoms with E-state index in [0.29, 0.717) is 0 Å². The molecule has 0 bridgehead atoms. The van der Waals surface area contributed by atoms with Gasteiger partial charge in [-0.1, -0.05) is 210 Å². The molecular formula is C71H84BN3. The molecule has 2 unspecified atom stereocenters. The summed E-state index contributed by atoms with van der Waals surface area (Å²) in [5.41, 5.74) is 24.4. The highest BCUT2D eigenvalue weighted by Gasteiger charge is 2.64. The standard InChI is InChI=1S/C71H84BN3/c1-64(2,3)46-26-23-27-51(36-46)73-60-40-50(68(13,14)15)28-32-55(60)72-56-39-49(67(10,11)12)31-35-59(56)74(57-33-29-47(65(4,5)6)37-53(57)45-24-21-20-22-25-45)62-42-52(41-61(73)63(62)72)75-58-34-30-48(66(7,8)9)38-54(58)70(18)43-69(16,17)44-71(70,75)19/h20-42H,43-44H2,1-19H3. The van der Waals surface area contributed by atoms with Crippen LogP contribution >= 0.6 is 0 Å². The molecule has 1 fully saturated rings. The molecule has 2 atom stereocenters. The van der Waals surface area contributed by atoms with Gasteiger partial charge in [-0.05, 0) is 162 Å². The van der Waals surface area contributed by atoms with Crippen LogP contribution in [0.2, 0.25) is 0 Å². The summed E-state index contributed by atoms with van der Waals surface area (Å²) in [6, 6.07) is 55.6. The number of rotatable bonds is 4. The zero-order valence-corrected chi connectivity index (χ0v) is 49.1. The predicted molar refractivity (Wildman–Crippen MR) is 327 cm³/mol. The minimum absolute atomic E-state index is 0.0233. The minimum Gasteiger partial charge on any atom is -0.334 e. The first-order valence-electron chi connectivity index (χ1n) is 28.1. The van der Waals surface area contributed by atoms with Gasteiger partial charge in [0.2, 0.25) is 0 Å². The lowest BCUT2D eigenvalue weighted by molar-refractivity contribution is 0.330. The first kappa shape index (κ1) is 51.1. The van der Waals surface area contributed by atoms with E-state index in [1.165, 1.54) is 106 Å². The number of anilines is 8. The molecule has 1 saturated carbocycles. The first-order valence-corrected chi connectivity index (χ1v) is 28.1. The molecule has 4 heteroatoms. The Kier molecular flexibility index (Phi) is 11.3. The van der Waals surface area contributed by atoms with E-state index in [9.17, 15) is 0 Å². The highest BCUT2D eigenvalue weighted by atomic mass is 15.3. The summed E-state index contributed by atoms with van der Waals surface area (Å²) in [4.78, 5) is 8.20. The van der Waals surface area contributed by atoms with Crippen molar-refractivity contribution >= 4 is 68.6 Å². The van der Waals surface area contributed by atoms with Crippen molar-refractivity contribution in [1.29, 1.82) is 0 Å². The largest absolute Gasteiger partial charge is 0.334 e. The van der Waals surface area contributed by atoms with Crippen LogP contribution in [0.5, 0.6) is 0 Å². The molecule has 0 spiro atoms. The average molecular weight is 990 g/mol. The maximum atomic E-state index is 2.83. The lowest BCUT2D eigenvalue weighted by Gasteiger charge is -2.47. The molecule has 1 aliphatic carbocycles. The van der Waals surface area contributed by atoms with Gasteiger partial charge in [0.15, 0.2) is 0 Å². The molecule has 386 valence electrons. The van der Waals surface area contributed by atoms with E-state index in [1.807, 2.05) is 0 Å². The van der Waals surface area contributed by atoms with Crippen molar-refractivity contribution < 1.29 is 0 Å². The van der Waals surface area contributed by atoms with Gasteiger partial charge in [0.25, 0.3) is 6.71 Å². The number of nitrogens with zero attached hydrogens (tertiary/aromatic N) is 3. The molecular weight excluding hydrogens is 906 g/mol. The number of hydrogen-bond donors (Lipinski definition) is 0. The summed E-state index contributed by atoms with van der Waals surface area (Å²) in [6.45, 7) is 45.6. The first-order chi connectivity index (χ1) is 34.8. The number of hydrogen-bond acceptors (Lipinski definition) is 3. The van der Waals surface area contributed by atoms with Crippen molar-refractivity contribution in [2.24, 2.45) is 5.41 Å². The zero-order chi connectivity index (χ0) is 54.0. The van der Waals surface area contributed by atoms with Crippen LogP contribution in [-0.4, -0.2) is 12.3 Å². The molecule has 7 aromatic carbocycles. The smallest absolute Gasteiger partial charge is 0.252 e. The molecule has 3 aliphatic heterocycles. The Balaban J connectivity index is 1.32. The molecule has 75 heavy (non-hydrogen) atoms. The Bertz CT molecular complexity index is 3430. The van der Waals surface area contributed by atoms with Gasteiger partial charge in [0.05, 0.1) is 11.2 Å². The van der Waals surface area contributed by atoms with Gasteiger partial charge in [0.1, 0.15) is 0 Å². The minimum atomic E-state index is -0.207. The quantitative estimate of drug-likeness (QED) is 0.163. The third-order valence-corrected chi connectivity index (χ3v) is 18.2. The zero-order valence-electron chi connectivity index (χ0n) is 49.1. The summed E-state index contributed by atoms with van der Waals surface area (Å²) < 4.78 is 0. The molecule has 0 aromatic heterocycles. The molecule has 0 amide bonds. The average Bonchev–Trinajstić information content (AvgIpc) is 3.77. The lowest BCUT2D eigenvalue weighted by atomic mass is 9.33. The monoisotopic (exact) mass is 990 g/mol. The van der Waals surface area contributed by atoms with Crippen LogP contribution in [0.1, 0.15) is 178 Å². The Hall–Kier alpha value is -6.00. The van der Waals surface area contributed by atoms with E-state index in [1.54, 1.807) is 0 Å². The molecule has 0 radical (unpaired) electrons. The summed E-state index contributed by atoms with van der Waals surface area (Å²) in [6.07, 6.45) is 2.20. The molecule has 7 aromatic rings. The fraction of sp³-hybridized carbons (Fsp3) is 0.408. The molecule has 3 nitrogen and oxygen atoms in total. The fourth-order valence-electron chi connectivity index (χ4n) is 14.1. The second-order valence-corrected chi connectivity index (χ2v) is 29.6. The van der Waals surface area contributed by atoms with E-state index in [-0.39, 0.29) is 50.2 Å². The predicted octanol–water partition coefficient (Wildman–Crippen LogP) is 17.9. The fourth-order valence-corrected chi connectivity index (χ4v) is 14.1. The SMILES string of the molecule is CC1(C)CC2(C)c3cc(C(C)(C)C)ccc3N(c3cc4c5c(c3)N(c3ccc(C(C)(C)C)cc3-c3ccccc3)c3ccc(C(C)(C)C)cc3B5c3ccc(C(C)(C)C)cc3N4c3cccc(C(C)(C)C)c3)C2(C)C1. The molecule has 3 heterocycles. The van der Waals surface area contributed by atoms with Crippen molar-refractivity contribution in [2.75, 3.05) is 14.7 Å². The molecule has 0 N–H and O–H groups in total. The van der Waals surface area contributed by atoms with E-state index in [4.69, 9.17) is 0 Å². The topological polar surface area (TPSA) is 9.72 Å².